The van der Waals surface area contributed by atoms with Gasteiger partial charge in [0.2, 0.25) is 5.91 Å². The third-order valence-electron chi connectivity index (χ3n) is 3.72. The Labute approximate surface area is 165 Å². The Kier molecular flexibility index (Phi) is 5.73. The molecule has 0 aliphatic carbocycles. The van der Waals surface area contributed by atoms with Gasteiger partial charge < -0.3 is 10.2 Å². The third-order valence-corrected chi connectivity index (χ3v) is 6.41. The van der Waals surface area contributed by atoms with Gasteiger partial charge in [-0.3, -0.25) is 4.79 Å². The molecule has 2 aromatic carbocycles. The molecule has 0 aromatic heterocycles. The van der Waals surface area contributed by atoms with Crippen molar-refractivity contribution in [2.24, 2.45) is 4.40 Å². The summed E-state index contributed by atoms with van der Waals surface area (Å²) < 4.78 is 41.8. The first-order valence-electron chi connectivity index (χ1n) is 7.91. The molecule has 27 heavy (non-hydrogen) atoms. The molecule has 0 spiro atoms. The Balaban J connectivity index is 1.74. The lowest BCUT2D eigenvalue weighted by Crippen LogP contribution is -2.34. The zero-order valence-corrected chi connectivity index (χ0v) is 16.5. The highest BCUT2D eigenvalue weighted by Crippen LogP contribution is 2.33. The minimum atomic E-state index is -3.82. The maximum Gasteiger partial charge on any atom is 0.286 e. The SMILES string of the molecule is CCN1C(SCC(=O)Nc2ccc(F)c(Cl)c2)=NS(=O)(=O)c2ccccc21. The normalized spacial score (nSPS) is 15.1. The van der Waals surface area contributed by atoms with Crippen LogP contribution in [0.4, 0.5) is 15.8 Å². The number of carbonyl (C=O) groups excluding carboxylic acids is 1. The standard InChI is InChI=1S/C17H15ClFN3O3S2/c1-2-22-14-5-3-4-6-15(14)27(24,25)21-17(22)26-10-16(23)20-11-7-8-13(19)12(18)9-11/h3-9H,2,10H2,1H3,(H,20,23). The summed E-state index contributed by atoms with van der Waals surface area (Å²) in [7, 11) is -3.82. The van der Waals surface area contributed by atoms with E-state index in [1.165, 1.54) is 18.2 Å². The molecule has 1 heterocycles. The number of hydrogen-bond donors (Lipinski definition) is 1. The zero-order chi connectivity index (χ0) is 19.6. The number of nitrogens with zero attached hydrogens (tertiary/aromatic N) is 2. The molecule has 10 heteroatoms. The van der Waals surface area contributed by atoms with Crippen molar-refractivity contribution in [3.05, 3.63) is 53.3 Å². The molecule has 6 nitrogen and oxygen atoms in total. The number of fused-ring (bicyclic) bond motifs is 1. The van der Waals surface area contributed by atoms with E-state index in [2.05, 4.69) is 9.71 Å². The second-order valence-electron chi connectivity index (χ2n) is 5.53. The van der Waals surface area contributed by atoms with Crippen LogP contribution in [0.2, 0.25) is 5.02 Å². The first-order valence-corrected chi connectivity index (χ1v) is 10.7. The number of nitrogens with one attached hydrogen (secondary N) is 1. The van der Waals surface area contributed by atoms with Gasteiger partial charge in [0.15, 0.2) is 5.17 Å². The maximum absolute atomic E-state index is 13.2. The summed E-state index contributed by atoms with van der Waals surface area (Å²) >= 11 is 6.70. The number of anilines is 2. The molecule has 0 radical (unpaired) electrons. The lowest BCUT2D eigenvalue weighted by atomic mass is 10.3. The number of thioether (sulfide) groups is 1. The highest BCUT2D eigenvalue weighted by molar-refractivity contribution is 8.15. The average Bonchev–Trinajstić information content (AvgIpc) is 2.63. The fourth-order valence-electron chi connectivity index (χ4n) is 2.51. The van der Waals surface area contributed by atoms with Crippen LogP contribution in [0.25, 0.3) is 0 Å². The number of halogens is 2. The highest BCUT2D eigenvalue weighted by Gasteiger charge is 2.30. The highest BCUT2D eigenvalue weighted by atomic mass is 35.5. The van der Waals surface area contributed by atoms with E-state index in [1.807, 2.05) is 6.92 Å². The van der Waals surface area contributed by atoms with E-state index in [4.69, 9.17) is 11.6 Å². The van der Waals surface area contributed by atoms with E-state index >= 15 is 0 Å². The summed E-state index contributed by atoms with van der Waals surface area (Å²) in [4.78, 5) is 14.0. The van der Waals surface area contributed by atoms with Crippen LogP contribution < -0.4 is 10.2 Å². The first kappa shape index (κ1) is 19.7. The van der Waals surface area contributed by atoms with Crippen LogP contribution in [-0.4, -0.2) is 31.8 Å². The second kappa shape index (κ2) is 7.87. The Morgan fingerprint density at radius 1 is 1.30 bits per heavy atom. The van der Waals surface area contributed by atoms with Gasteiger partial charge >= 0.3 is 0 Å². The molecular formula is C17H15ClFN3O3S2. The van der Waals surface area contributed by atoms with Crippen LogP contribution in [0.1, 0.15) is 6.92 Å². The average molecular weight is 428 g/mol. The maximum atomic E-state index is 13.2. The second-order valence-corrected chi connectivity index (χ2v) is 8.45. The molecule has 1 N–H and O–H groups in total. The molecule has 1 aliphatic heterocycles. The van der Waals surface area contributed by atoms with Gasteiger partial charge in [0, 0.05) is 12.2 Å². The van der Waals surface area contributed by atoms with Crippen LogP contribution in [-0.2, 0) is 14.8 Å². The van der Waals surface area contributed by atoms with Gasteiger partial charge in [0.25, 0.3) is 10.0 Å². The molecule has 2 aromatic rings. The van der Waals surface area contributed by atoms with Gasteiger partial charge in [-0.2, -0.15) is 8.42 Å². The Bertz CT molecular complexity index is 1030. The van der Waals surface area contributed by atoms with Gasteiger partial charge in [0.05, 0.1) is 16.5 Å². The van der Waals surface area contributed by atoms with Gasteiger partial charge in [0.1, 0.15) is 10.7 Å². The van der Waals surface area contributed by atoms with Crippen molar-refractivity contribution in [1.82, 2.24) is 0 Å². The number of benzene rings is 2. The van der Waals surface area contributed by atoms with Crippen LogP contribution >= 0.6 is 23.4 Å². The van der Waals surface area contributed by atoms with Gasteiger partial charge in [-0.15, -0.1) is 4.40 Å². The van der Waals surface area contributed by atoms with Crippen LogP contribution in [0.3, 0.4) is 0 Å². The predicted octanol–water partition coefficient (Wildman–Crippen LogP) is 3.74. The molecule has 142 valence electrons. The largest absolute Gasteiger partial charge is 0.325 e. The molecular weight excluding hydrogens is 413 g/mol. The smallest absolute Gasteiger partial charge is 0.286 e. The fourth-order valence-corrected chi connectivity index (χ4v) is 5.01. The topological polar surface area (TPSA) is 78.8 Å². The number of carbonyl (C=O) groups is 1. The van der Waals surface area contributed by atoms with E-state index in [0.717, 1.165) is 17.8 Å². The van der Waals surface area contributed by atoms with E-state index in [0.29, 0.717) is 17.9 Å². The number of amides is 1. The van der Waals surface area contributed by atoms with Gasteiger partial charge in [-0.1, -0.05) is 35.5 Å². The quantitative estimate of drug-likeness (QED) is 0.804. The van der Waals surface area contributed by atoms with E-state index in [9.17, 15) is 17.6 Å². The van der Waals surface area contributed by atoms with Crippen LogP contribution in [0, 0.1) is 5.82 Å². The van der Waals surface area contributed by atoms with Gasteiger partial charge in [-0.05, 0) is 37.3 Å². The zero-order valence-electron chi connectivity index (χ0n) is 14.1. The summed E-state index contributed by atoms with van der Waals surface area (Å²) in [6.07, 6.45) is 0. The molecule has 0 saturated carbocycles. The molecule has 1 aliphatic rings. The third kappa shape index (κ3) is 4.26. The summed E-state index contributed by atoms with van der Waals surface area (Å²) in [6, 6.07) is 10.4. The predicted molar refractivity (Wildman–Crippen MR) is 107 cm³/mol. The number of rotatable bonds is 4. The number of sulfonamides is 1. The van der Waals surface area contributed by atoms with Crippen LogP contribution in [0.15, 0.2) is 51.8 Å². The van der Waals surface area contributed by atoms with Crippen molar-refractivity contribution in [2.75, 3.05) is 22.5 Å². The van der Waals surface area contributed by atoms with E-state index in [1.54, 1.807) is 23.1 Å². The van der Waals surface area contributed by atoms with Crippen molar-refractivity contribution in [1.29, 1.82) is 0 Å². The molecule has 3 rings (SSSR count). The van der Waals surface area contributed by atoms with Crippen LogP contribution in [0.5, 0.6) is 0 Å². The molecule has 0 atom stereocenters. The summed E-state index contributed by atoms with van der Waals surface area (Å²) in [5.41, 5.74) is 0.881. The molecule has 0 saturated heterocycles. The molecule has 0 bridgehead atoms. The number of amidine groups is 1. The monoisotopic (exact) mass is 427 g/mol. The van der Waals surface area contributed by atoms with Gasteiger partial charge in [-0.25, -0.2) is 4.39 Å². The summed E-state index contributed by atoms with van der Waals surface area (Å²) in [6.45, 7) is 2.36. The summed E-state index contributed by atoms with van der Waals surface area (Å²) in [5, 5.41) is 2.71. The lowest BCUT2D eigenvalue weighted by molar-refractivity contribution is -0.113. The molecule has 0 fully saturated rings. The Morgan fingerprint density at radius 3 is 2.74 bits per heavy atom. The number of hydrogen-bond acceptors (Lipinski definition) is 5. The van der Waals surface area contributed by atoms with Crippen molar-refractivity contribution >= 4 is 55.8 Å². The first-order chi connectivity index (χ1) is 12.8. The van der Waals surface area contributed by atoms with E-state index in [-0.39, 0.29) is 20.8 Å². The summed E-state index contributed by atoms with van der Waals surface area (Å²) in [5.74, 6) is -1.04. The Morgan fingerprint density at radius 2 is 2.04 bits per heavy atom. The van der Waals surface area contributed by atoms with Crippen molar-refractivity contribution < 1.29 is 17.6 Å². The minimum absolute atomic E-state index is 0.0674. The Hall–Kier alpha value is -2.10. The lowest BCUT2D eigenvalue weighted by Gasteiger charge is -2.29. The minimum Gasteiger partial charge on any atom is -0.325 e. The van der Waals surface area contributed by atoms with E-state index < -0.39 is 21.7 Å². The fraction of sp³-hybridized carbons (Fsp3) is 0.176. The van der Waals surface area contributed by atoms with Crippen molar-refractivity contribution in [2.45, 2.75) is 11.8 Å². The molecule has 1 amide bonds. The van der Waals surface area contributed by atoms with Crippen molar-refractivity contribution in [3.63, 3.8) is 0 Å². The molecule has 0 unspecified atom stereocenters. The van der Waals surface area contributed by atoms with Crippen molar-refractivity contribution in [3.8, 4) is 0 Å². The number of para-hydroxylation sites is 1.